The average molecular weight is 372 g/mol. The first-order valence-electron chi connectivity index (χ1n) is 9.77. The smallest absolute Gasteiger partial charge is 0.191 e. The topological polar surface area (TPSA) is 54.2 Å². The molecule has 1 aliphatic rings. The van der Waals surface area contributed by atoms with Gasteiger partial charge >= 0.3 is 0 Å². The Balaban J connectivity index is 1.63. The molecule has 5 nitrogen and oxygen atoms in total. The molecule has 1 saturated carbocycles. The maximum Gasteiger partial charge on any atom is 0.191 e. The maximum absolute atomic E-state index is 13.6. The summed E-state index contributed by atoms with van der Waals surface area (Å²) < 4.78 is 15.6. The minimum absolute atomic E-state index is 0.0250. The zero-order chi connectivity index (χ0) is 19.4. The number of guanidine groups is 1. The lowest BCUT2D eigenvalue weighted by atomic mass is 9.96. The predicted octanol–water partition coefficient (Wildman–Crippen LogP) is 3.08. The number of aromatic nitrogens is 2. The van der Waals surface area contributed by atoms with E-state index in [4.69, 9.17) is 0 Å². The van der Waals surface area contributed by atoms with Crippen LogP contribution < -0.4 is 10.6 Å². The van der Waals surface area contributed by atoms with Crippen LogP contribution in [0.4, 0.5) is 4.39 Å². The lowest BCUT2D eigenvalue weighted by molar-refractivity contribution is 0.607. The van der Waals surface area contributed by atoms with Crippen LogP contribution in [0.15, 0.2) is 29.3 Å². The number of nitrogens with zero attached hydrogens (tertiary/aromatic N) is 3. The number of rotatable bonds is 7. The van der Waals surface area contributed by atoms with Crippen LogP contribution in [-0.2, 0) is 31.8 Å². The van der Waals surface area contributed by atoms with E-state index in [1.54, 1.807) is 19.2 Å². The third-order valence-electron chi connectivity index (χ3n) is 5.57. The van der Waals surface area contributed by atoms with Gasteiger partial charge in [0.1, 0.15) is 5.82 Å². The van der Waals surface area contributed by atoms with Crippen LogP contribution in [-0.4, -0.2) is 29.3 Å². The van der Waals surface area contributed by atoms with E-state index in [-0.39, 0.29) is 11.2 Å². The Hall–Kier alpha value is -2.37. The van der Waals surface area contributed by atoms with E-state index in [9.17, 15) is 4.39 Å². The van der Waals surface area contributed by atoms with Gasteiger partial charge in [0.05, 0.1) is 5.69 Å². The molecule has 1 aromatic carbocycles. The number of nitrogens with one attached hydrogen (secondary N) is 2. The molecule has 2 N–H and O–H groups in total. The van der Waals surface area contributed by atoms with E-state index in [1.807, 2.05) is 17.8 Å². The van der Waals surface area contributed by atoms with Gasteiger partial charge in [-0.3, -0.25) is 9.67 Å². The van der Waals surface area contributed by atoms with Crippen LogP contribution in [0, 0.1) is 5.82 Å². The van der Waals surface area contributed by atoms with Gasteiger partial charge < -0.3 is 10.6 Å². The van der Waals surface area contributed by atoms with Crippen molar-refractivity contribution in [2.24, 2.45) is 12.0 Å². The van der Waals surface area contributed by atoms with Crippen LogP contribution in [0.25, 0.3) is 0 Å². The molecule has 1 heterocycles. The van der Waals surface area contributed by atoms with Crippen molar-refractivity contribution in [2.45, 2.75) is 51.5 Å². The van der Waals surface area contributed by atoms with Crippen molar-refractivity contribution >= 4 is 5.96 Å². The summed E-state index contributed by atoms with van der Waals surface area (Å²) in [5.41, 5.74) is 4.75. The zero-order valence-corrected chi connectivity index (χ0v) is 16.8. The average Bonchev–Trinajstić information content (AvgIpc) is 3.40. The molecule has 3 rings (SSSR count). The van der Waals surface area contributed by atoms with Crippen molar-refractivity contribution in [2.75, 3.05) is 13.6 Å². The molecule has 1 fully saturated rings. The molecule has 27 heavy (non-hydrogen) atoms. The van der Waals surface area contributed by atoms with Crippen LogP contribution in [0.3, 0.4) is 0 Å². The van der Waals surface area contributed by atoms with Crippen molar-refractivity contribution < 1.29 is 4.39 Å². The minimum Gasteiger partial charge on any atom is -0.356 e. The minimum atomic E-state index is -0.169. The monoisotopic (exact) mass is 371 g/mol. The lowest BCUT2D eigenvalue weighted by Crippen LogP contribution is -2.41. The molecule has 0 amide bonds. The van der Waals surface area contributed by atoms with Gasteiger partial charge in [-0.2, -0.15) is 5.10 Å². The normalized spacial score (nSPS) is 15.7. The summed E-state index contributed by atoms with van der Waals surface area (Å²) in [4.78, 5) is 4.36. The molecule has 0 bridgehead atoms. The van der Waals surface area contributed by atoms with Crippen LogP contribution >= 0.6 is 0 Å². The van der Waals surface area contributed by atoms with Gasteiger partial charge in [-0.05, 0) is 43.4 Å². The standard InChI is InChI=1S/C21H30FN5/c1-5-18-17(19(6-2)27(4)26-18)13-24-20(23-3)25-14-21(10-11-21)15-8-7-9-16(22)12-15/h7-9,12H,5-6,10-11,13-14H2,1-4H3,(H2,23,24,25). The van der Waals surface area contributed by atoms with Crippen LogP contribution in [0.1, 0.15) is 49.2 Å². The van der Waals surface area contributed by atoms with Gasteiger partial charge in [-0.15, -0.1) is 0 Å². The largest absolute Gasteiger partial charge is 0.356 e. The number of aryl methyl sites for hydroxylation is 2. The predicted molar refractivity (Wildman–Crippen MR) is 107 cm³/mol. The number of halogens is 1. The number of aliphatic imine (C=N–C) groups is 1. The Labute approximate surface area is 161 Å². The first-order valence-corrected chi connectivity index (χ1v) is 9.77. The molecule has 0 saturated heterocycles. The molecule has 2 aromatic rings. The highest BCUT2D eigenvalue weighted by Crippen LogP contribution is 2.47. The van der Waals surface area contributed by atoms with E-state index in [1.165, 1.54) is 17.3 Å². The molecule has 6 heteroatoms. The Kier molecular flexibility index (Phi) is 5.82. The van der Waals surface area contributed by atoms with Crippen LogP contribution in [0.2, 0.25) is 0 Å². The molecular weight excluding hydrogens is 341 g/mol. The molecule has 1 aromatic heterocycles. The van der Waals surface area contributed by atoms with Crippen molar-refractivity contribution in [3.05, 3.63) is 52.6 Å². The van der Waals surface area contributed by atoms with Crippen molar-refractivity contribution in [1.82, 2.24) is 20.4 Å². The maximum atomic E-state index is 13.6. The highest BCUT2D eigenvalue weighted by atomic mass is 19.1. The molecular formula is C21H30FN5. The van der Waals surface area contributed by atoms with Gasteiger partial charge in [0.2, 0.25) is 0 Å². The van der Waals surface area contributed by atoms with Crippen molar-refractivity contribution in [3.8, 4) is 0 Å². The molecule has 0 unspecified atom stereocenters. The summed E-state index contributed by atoms with van der Waals surface area (Å²) in [5.74, 6) is 0.600. The zero-order valence-electron chi connectivity index (χ0n) is 16.8. The van der Waals surface area contributed by atoms with E-state index < -0.39 is 0 Å². The summed E-state index contributed by atoms with van der Waals surface area (Å²) in [5, 5.41) is 11.5. The fourth-order valence-electron chi connectivity index (χ4n) is 3.78. The molecule has 0 atom stereocenters. The fourth-order valence-corrected chi connectivity index (χ4v) is 3.78. The fraction of sp³-hybridized carbons (Fsp3) is 0.524. The van der Waals surface area contributed by atoms with E-state index in [0.29, 0.717) is 6.54 Å². The Morgan fingerprint density at radius 2 is 2.04 bits per heavy atom. The van der Waals surface area contributed by atoms with E-state index in [2.05, 4.69) is 34.6 Å². The Bertz CT molecular complexity index is 820. The van der Waals surface area contributed by atoms with E-state index in [0.717, 1.165) is 49.4 Å². The van der Waals surface area contributed by atoms with Gasteiger partial charge in [-0.1, -0.05) is 26.0 Å². The SMILES string of the molecule is CCc1nn(C)c(CC)c1CNC(=NC)NCC1(c2cccc(F)c2)CC1. The van der Waals surface area contributed by atoms with Gasteiger partial charge in [-0.25, -0.2) is 4.39 Å². The first-order chi connectivity index (χ1) is 13.0. The van der Waals surface area contributed by atoms with Crippen molar-refractivity contribution in [3.63, 3.8) is 0 Å². The van der Waals surface area contributed by atoms with E-state index >= 15 is 0 Å². The highest BCUT2D eigenvalue weighted by Gasteiger charge is 2.44. The summed E-state index contributed by atoms with van der Waals surface area (Å²) in [6.45, 7) is 5.74. The summed E-state index contributed by atoms with van der Waals surface area (Å²) in [6, 6.07) is 6.96. The summed E-state index contributed by atoms with van der Waals surface area (Å²) in [6.07, 6.45) is 4.01. The molecule has 0 aliphatic heterocycles. The molecule has 1 aliphatic carbocycles. The molecule has 0 spiro atoms. The van der Waals surface area contributed by atoms with Gasteiger partial charge in [0.25, 0.3) is 0 Å². The summed E-state index contributed by atoms with van der Waals surface area (Å²) in [7, 11) is 3.78. The Morgan fingerprint density at radius 3 is 2.63 bits per heavy atom. The third kappa shape index (κ3) is 4.15. The molecule has 146 valence electrons. The number of hydrogen-bond acceptors (Lipinski definition) is 2. The quantitative estimate of drug-likeness (QED) is 0.581. The first kappa shape index (κ1) is 19.4. The van der Waals surface area contributed by atoms with Crippen LogP contribution in [0.5, 0.6) is 0 Å². The lowest BCUT2D eigenvalue weighted by Gasteiger charge is -2.19. The van der Waals surface area contributed by atoms with Gasteiger partial charge in [0.15, 0.2) is 5.96 Å². The van der Waals surface area contributed by atoms with Gasteiger partial charge in [0, 0.05) is 43.9 Å². The second-order valence-electron chi connectivity index (χ2n) is 7.27. The second kappa shape index (κ2) is 8.11. The second-order valence-corrected chi connectivity index (χ2v) is 7.27. The summed E-state index contributed by atoms with van der Waals surface area (Å²) >= 11 is 0. The highest BCUT2D eigenvalue weighted by molar-refractivity contribution is 5.79. The molecule has 0 radical (unpaired) electrons. The Morgan fingerprint density at radius 1 is 1.26 bits per heavy atom. The number of hydrogen-bond donors (Lipinski definition) is 2. The number of benzene rings is 1. The van der Waals surface area contributed by atoms with Crippen molar-refractivity contribution in [1.29, 1.82) is 0 Å². The third-order valence-corrected chi connectivity index (χ3v) is 5.57.